The van der Waals surface area contributed by atoms with Gasteiger partial charge >= 0.3 is 0 Å². The third kappa shape index (κ3) is 1.37. The van der Waals surface area contributed by atoms with Crippen molar-refractivity contribution >= 4 is 16.8 Å². The largest absolute Gasteiger partial charge is 0.275 e. The Hall–Kier alpha value is -0.830. The van der Waals surface area contributed by atoms with Crippen LogP contribution in [0.15, 0.2) is 6.20 Å². The van der Waals surface area contributed by atoms with Crippen molar-refractivity contribution in [2.45, 2.75) is 25.2 Å². The molecule has 0 atom stereocenters. The lowest BCUT2D eigenvalue weighted by Crippen LogP contribution is -2.15. The third-order valence-electron chi connectivity index (χ3n) is 2.69. The molecular weight excluding hydrogens is 188 g/mol. The summed E-state index contributed by atoms with van der Waals surface area (Å²) in [6.07, 6.45) is 5.10. The first kappa shape index (κ1) is 8.75. The number of aromatic nitrogens is 2. The van der Waals surface area contributed by atoms with Crippen molar-refractivity contribution < 1.29 is 4.79 Å². The third-order valence-corrected chi connectivity index (χ3v) is 2.89. The van der Waals surface area contributed by atoms with Crippen LogP contribution in [-0.2, 0) is 7.05 Å². The van der Waals surface area contributed by atoms with E-state index in [2.05, 4.69) is 5.10 Å². The number of rotatable bonds is 2. The first-order chi connectivity index (χ1) is 6.20. The van der Waals surface area contributed by atoms with Crippen LogP contribution in [-0.4, -0.2) is 15.0 Å². The maximum absolute atomic E-state index is 11.0. The fourth-order valence-corrected chi connectivity index (χ4v) is 1.91. The van der Waals surface area contributed by atoms with Gasteiger partial charge in [-0.1, -0.05) is 6.42 Å². The van der Waals surface area contributed by atoms with E-state index in [1.165, 1.54) is 6.42 Å². The number of carbonyl (C=O) groups is 1. The predicted octanol–water partition coefficient (Wildman–Crippen LogP) is 2.07. The van der Waals surface area contributed by atoms with Gasteiger partial charge in [0.2, 0.25) is 0 Å². The lowest BCUT2D eigenvalue weighted by Gasteiger charge is -2.26. The normalized spacial score (nSPS) is 17.1. The van der Waals surface area contributed by atoms with E-state index in [1.54, 1.807) is 10.9 Å². The minimum Gasteiger partial charge on any atom is -0.275 e. The van der Waals surface area contributed by atoms with Crippen LogP contribution in [0, 0.1) is 0 Å². The molecule has 1 aromatic heterocycles. The molecule has 2 rings (SSSR count). The van der Waals surface area contributed by atoms with Gasteiger partial charge in [0.25, 0.3) is 5.24 Å². The molecule has 0 aromatic carbocycles. The molecule has 0 N–H and O–H groups in total. The van der Waals surface area contributed by atoms with Crippen LogP contribution in [0.4, 0.5) is 0 Å². The van der Waals surface area contributed by atoms with Crippen LogP contribution < -0.4 is 0 Å². The molecule has 70 valence electrons. The first-order valence-electron chi connectivity index (χ1n) is 4.42. The van der Waals surface area contributed by atoms with Crippen molar-refractivity contribution in [1.82, 2.24) is 9.78 Å². The minimum atomic E-state index is -0.394. The van der Waals surface area contributed by atoms with Gasteiger partial charge in [0, 0.05) is 13.0 Å². The Kier molecular flexibility index (Phi) is 2.12. The van der Waals surface area contributed by atoms with E-state index < -0.39 is 5.24 Å². The molecule has 0 amide bonds. The van der Waals surface area contributed by atoms with Crippen LogP contribution in [0.3, 0.4) is 0 Å². The monoisotopic (exact) mass is 198 g/mol. The minimum absolute atomic E-state index is 0.394. The molecule has 0 spiro atoms. The second kappa shape index (κ2) is 3.14. The molecule has 1 heterocycles. The number of hydrogen-bond acceptors (Lipinski definition) is 2. The zero-order chi connectivity index (χ0) is 9.42. The highest BCUT2D eigenvalue weighted by Crippen LogP contribution is 2.37. The van der Waals surface area contributed by atoms with Crippen LogP contribution in [0.25, 0.3) is 0 Å². The smallest absolute Gasteiger partial charge is 0.255 e. The van der Waals surface area contributed by atoms with Crippen molar-refractivity contribution in [3.8, 4) is 0 Å². The van der Waals surface area contributed by atoms with Gasteiger partial charge in [0.05, 0.1) is 17.5 Å². The fourth-order valence-electron chi connectivity index (χ4n) is 1.76. The maximum atomic E-state index is 11.0. The lowest BCUT2D eigenvalue weighted by molar-refractivity contribution is 0.107. The quantitative estimate of drug-likeness (QED) is 0.682. The average molecular weight is 199 g/mol. The number of nitrogens with zero attached hydrogens (tertiary/aromatic N) is 2. The highest BCUT2D eigenvalue weighted by molar-refractivity contribution is 6.67. The standard InChI is InChI=1S/C9H11ClN2O/c1-12-8(6-3-2-4-6)7(5-11-12)9(10)13/h5-6H,2-4H2,1H3. The molecule has 0 bridgehead atoms. The van der Waals surface area contributed by atoms with Gasteiger partial charge in [-0.2, -0.15) is 5.10 Å². The van der Waals surface area contributed by atoms with Gasteiger partial charge in [-0.25, -0.2) is 0 Å². The number of halogens is 1. The van der Waals surface area contributed by atoms with E-state index in [0.29, 0.717) is 11.5 Å². The maximum Gasteiger partial charge on any atom is 0.255 e. The number of carbonyl (C=O) groups excluding carboxylic acids is 1. The highest BCUT2D eigenvalue weighted by atomic mass is 35.5. The van der Waals surface area contributed by atoms with Gasteiger partial charge in [-0.05, 0) is 24.4 Å². The summed E-state index contributed by atoms with van der Waals surface area (Å²) in [5, 5.41) is 3.66. The molecule has 0 saturated heterocycles. The van der Waals surface area contributed by atoms with E-state index in [4.69, 9.17) is 11.6 Å². The van der Waals surface area contributed by atoms with E-state index in [1.807, 2.05) is 7.05 Å². The van der Waals surface area contributed by atoms with E-state index in [9.17, 15) is 4.79 Å². The Balaban J connectivity index is 2.39. The van der Waals surface area contributed by atoms with Gasteiger partial charge in [0.15, 0.2) is 0 Å². The van der Waals surface area contributed by atoms with Gasteiger partial charge < -0.3 is 0 Å². The van der Waals surface area contributed by atoms with Crippen molar-refractivity contribution in [3.63, 3.8) is 0 Å². The molecule has 1 saturated carbocycles. The first-order valence-corrected chi connectivity index (χ1v) is 4.79. The summed E-state index contributed by atoms with van der Waals surface area (Å²) in [5.74, 6) is 0.491. The summed E-state index contributed by atoms with van der Waals surface area (Å²) in [6.45, 7) is 0. The SMILES string of the molecule is Cn1ncc(C(=O)Cl)c1C1CCC1. The highest BCUT2D eigenvalue weighted by Gasteiger charge is 2.27. The molecule has 1 aliphatic rings. The number of hydrogen-bond donors (Lipinski definition) is 0. The van der Waals surface area contributed by atoms with Gasteiger partial charge in [-0.15, -0.1) is 0 Å². The topological polar surface area (TPSA) is 34.9 Å². The molecule has 3 nitrogen and oxygen atoms in total. The van der Waals surface area contributed by atoms with Gasteiger partial charge in [0.1, 0.15) is 0 Å². The number of aryl methyl sites for hydroxylation is 1. The Bertz CT molecular complexity index is 341. The molecule has 1 fully saturated rings. The van der Waals surface area contributed by atoms with Gasteiger partial charge in [-0.3, -0.25) is 9.48 Å². The summed E-state index contributed by atoms with van der Waals surface area (Å²) in [7, 11) is 1.86. The summed E-state index contributed by atoms with van der Waals surface area (Å²) in [5.41, 5.74) is 1.58. The lowest BCUT2D eigenvalue weighted by atomic mass is 9.81. The summed E-state index contributed by atoms with van der Waals surface area (Å²) >= 11 is 5.45. The average Bonchev–Trinajstić information content (AvgIpc) is 2.30. The molecule has 4 heteroatoms. The summed E-state index contributed by atoms with van der Waals surface area (Å²) < 4.78 is 1.76. The Labute approximate surface area is 81.7 Å². The second-order valence-corrected chi connectivity index (χ2v) is 3.81. The Morgan fingerprint density at radius 3 is 2.85 bits per heavy atom. The van der Waals surface area contributed by atoms with Crippen molar-refractivity contribution in [2.75, 3.05) is 0 Å². The zero-order valence-electron chi connectivity index (χ0n) is 7.46. The van der Waals surface area contributed by atoms with E-state index in [0.717, 1.165) is 18.5 Å². The van der Waals surface area contributed by atoms with Crippen LogP contribution >= 0.6 is 11.6 Å². The van der Waals surface area contributed by atoms with Crippen molar-refractivity contribution in [3.05, 3.63) is 17.5 Å². The molecule has 0 unspecified atom stereocenters. The predicted molar refractivity (Wildman–Crippen MR) is 50.0 cm³/mol. The zero-order valence-corrected chi connectivity index (χ0v) is 8.21. The Morgan fingerprint density at radius 1 is 1.69 bits per heavy atom. The van der Waals surface area contributed by atoms with E-state index >= 15 is 0 Å². The molecule has 0 aliphatic heterocycles. The molecule has 1 aromatic rings. The molecular formula is C9H11ClN2O. The van der Waals surface area contributed by atoms with Crippen LogP contribution in [0.5, 0.6) is 0 Å². The van der Waals surface area contributed by atoms with Crippen LogP contribution in [0.2, 0.25) is 0 Å². The molecule has 1 aliphatic carbocycles. The second-order valence-electron chi connectivity index (χ2n) is 3.47. The Morgan fingerprint density at radius 2 is 2.38 bits per heavy atom. The molecule has 13 heavy (non-hydrogen) atoms. The molecule has 0 radical (unpaired) electrons. The van der Waals surface area contributed by atoms with Crippen molar-refractivity contribution in [2.24, 2.45) is 7.05 Å². The van der Waals surface area contributed by atoms with Crippen molar-refractivity contribution in [1.29, 1.82) is 0 Å². The van der Waals surface area contributed by atoms with E-state index in [-0.39, 0.29) is 0 Å². The van der Waals surface area contributed by atoms with Crippen LogP contribution in [0.1, 0.15) is 41.2 Å². The fraction of sp³-hybridized carbons (Fsp3) is 0.556. The summed E-state index contributed by atoms with van der Waals surface area (Å²) in [4.78, 5) is 11.0. The summed E-state index contributed by atoms with van der Waals surface area (Å²) in [6, 6.07) is 0.